The minimum Gasteiger partial charge on any atom is -0.393 e. The first-order valence-electron chi connectivity index (χ1n) is 4.13. The van der Waals surface area contributed by atoms with Gasteiger partial charge in [0, 0.05) is 26.0 Å². The van der Waals surface area contributed by atoms with Crippen LogP contribution in [0.25, 0.3) is 0 Å². The van der Waals surface area contributed by atoms with E-state index in [1.54, 1.807) is 7.11 Å². The number of methoxy groups -OCH3 is 1. The second-order valence-electron chi connectivity index (χ2n) is 2.85. The van der Waals surface area contributed by atoms with Crippen LogP contribution in [0.1, 0.15) is 13.3 Å². The first-order chi connectivity index (χ1) is 6.07. The lowest BCUT2D eigenvalue weighted by Crippen LogP contribution is -2.33. The number of carbonyl (C=O) groups excluding carboxylic acids is 1. The van der Waals surface area contributed by atoms with Crippen molar-refractivity contribution in [3.8, 4) is 0 Å². The van der Waals surface area contributed by atoms with E-state index in [1.165, 1.54) is 0 Å². The molecule has 0 radical (unpaired) electrons. The van der Waals surface area contributed by atoms with E-state index in [0.29, 0.717) is 24.6 Å². The molecule has 0 aromatic rings. The molecule has 1 amide bonds. The average molecular weight is 204 g/mol. The van der Waals surface area contributed by atoms with Gasteiger partial charge >= 0.3 is 0 Å². The van der Waals surface area contributed by atoms with Crippen molar-refractivity contribution in [2.24, 2.45) is 11.7 Å². The third kappa shape index (κ3) is 6.48. The number of nitrogens with two attached hydrogens (primary N) is 1. The van der Waals surface area contributed by atoms with Crippen LogP contribution in [0.3, 0.4) is 0 Å². The molecule has 0 fully saturated rings. The molecule has 0 bridgehead atoms. The van der Waals surface area contributed by atoms with Crippen LogP contribution in [0.2, 0.25) is 0 Å². The highest BCUT2D eigenvalue weighted by Gasteiger charge is 2.06. The minimum absolute atomic E-state index is 0.0371. The maximum atomic E-state index is 11.1. The lowest BCUT2D eigenvalue weighted by molar-refractivity contribution is -0.122. The number of ether oxygens (including phenoxy) is 1. The fourth-order valence-electron chi connectivity index (χ4n) is 0.651. The Morgan fingerprint density at radius 3 is 2.77 bits per heavy atom. The predicted octanol–water partition coefficient (Wildman–Crippen LogP) is 0.0613. The topological polar surface area (TPSA) is 64.3 Å². The van der Waals surface area contributed by atoms with E-state index in [1.807, 2.05) is 6.92 Å². The van der Waals surface area contributed by atoms with Gasteiger partial charge in [-0.3, -0.25) is 4.79 Å². The van der Waals surface area contributed by atoms with Crippen molar-refractivity contribution in [3.63, 3.8) is 0 Å². The summed E-state index contributed by atoms with van der Waals surface area (Å²) in [5.74, 6) is 0.00597. The summed E-state index contributed by atoms with van der Waals surface area (Å²) in [6.45, 7) is 2.81. The van der Waals surface area contributed by atoms with Crippen LogP contribution >= 0.6 is 12.2 Å². The molecule has 0 spiro atoms. The van der Waals surface area contributed by atoms with Crippen LogP contribution in [-0.4, -0.2) is 31.2 Å². The highest BCUT2D eigenvalue weighted by molar-refractivity contribution is 7.80. The molecule has 1 atom stereocenters. The van der Waals surface area contributed by atoms with Crippen LogP contribution in [-0.2, 0) is 9.53 Å². The maximum Gasteiger partial charge on any atom is 0.222 e. The fourth-order valence-corrected chi connectivity index (χ4v) is 0.734. The predicted molar refractivity (Wildman–Crippen MR) is 55.5 cm³/mol. The molecule has 0 rings (SSSR count). The van der Waals surface area contributed by atoms with Crippen LogP contribution in [0, 0.1) is 5.92 Å². The summed E-state index contributed by atoms with van der Waals surface area (Å²) in [6.07, 6.45) is 0.376. The molecule has 0 saturated heterocycles. The standard InChI is InChI=1S/C8H16N2O2S/c1-6(8(9)13)5-10-7(11)3-4-12-2/h6H,3-5H2,1-2H3,(H2,9,13)(H,10,11). The highest BCUT2D eigenvalue weighted by Crippen LogP contribution is 1.92. The summed E-state index contributed by atoms with van der Waals surface area (Å²) >= 11 is 4.76. The molecule has 1 unspecified atom stereocenters. The molecule has 4 nitrogen and oxygen atoms in total. The molecule has 0 aliphatic rings. The smallest absolute Gasteiger partial charge is 0.222 e. The fraction of sp³-hybridized carbons (Fsp3) is 0.750. The number of thiocarbonyl (C=S) groups is 1. The van der Waals surface area contributed by atoms with Gasteiger partial charge in [0.1, 0.15) is 0 Å². The maximum absolute atomic E-state index is 11.1. The molecule has 0 aromatic heterocycles. The van der Waals surface area contributed by atoms with Gasteiger partial charge in [-0.2, -0.15) is 0 Å². The van der Waals surface area contributed by atoms with E-state index >= 15 is 0 Å². The van der Waals surface area contributed by atoms with Crippen molar-refractivity contribution in [2.45, 2.75) is 13.3 Å². The summed E-state index contributed by atoms with van der Waals surface area (Å²) in [4.78, 5) is 11.5. The molecule has 5 heteroatoms. The van der Waals surface area contributed by atoms with Crippen molar-refractivity contribution in [1.29, 1.82) is 0 Å². The third-order valence-electron chi connectivity index (χ3n) is 1.62. The summed E-state index contributed by atoms with van der Waals surface area (Å²) in [5.41, 5.74) is 5.38. The number of hydrogen-bond donors (Lipinski definition) is 2. The van der Waals surface area contributed by atoms with Gasteiger partial charge in [-0.05, 0) is 0 Å². The Labute approximate surface area is 83.8 Å². The molecular weight excluding hydrogens is 188 g/mol. The monoisotopic (exact) mass is 204 g/mol. The molecule has 0 aliphatic carbocycles. The first-order valence-corrected chi connectivity index (χ1v) is 4.53. The van der Waals surface area contributed by atoms with Crippen LogP contribution in [0.15, 0.2) is 0 Å². The van der Waals surface area contributed by atoms with E-state index in [2.05, 4.69) is 5.32 Å². The number of amides is 1. The summed E-state index contributed by atoms with van der Waals surface area (Å²) in [5, 5.41) is 2.71. The zero-order valence-electron chi connectivity index (χ0n) is 8.00. The van der Waals surface area contributed by atoms with Crippen molar-refractivity contribution < 1.29 is 9.53 Å². The van der Waals surface area contributed by atoms with Gasteiger partial charge in [-0.15, -0.1) is 0 Å². The summed E-state index contributed by atoms with van der Waals surface area (Å²) < 4.78 is 4.76. The van der Waals surface area contributed by atoms with Gasteiger partial charge in [0.2, 0.25) is 5.91 Å². The van der Waals surface area contributed by atoms with Crippen molar-refractivity contribution in [3.05, 3.63) is 0 Å². The second kappa shape index (κ2) is 6.80. The Hall–Kier alpha value is -0.680. The summed E-state index contributed by atoms with van der Waals surface area (Å²) in [6, 6.07) is 0. The van der Waals surface area contributed by atoms with Gasteiger partial charge in [0.25, 0.3) is 0 Å². The number of carbonyl (C=O) groups is 1. The molecule has 0 saturated carbocycles. The van der Waals surface area contributed by atoms with E-state index in [-0.39, 0.29) is 11.8 Å². The third-order valence-corrected chi connectivity index (χ3v) is 2.03. The van der Waals surface area contributed by atoms with E-state index in [9.17, 15) is 4.79 Å². The van der Waals surface area contributed by atoms with Crippen molar-refractivity contribution in [1.82, 2.24) is 5.32 Å². The largest absolute Gasteiger partial charge is 0.393 e. The van der Waals surface area contributed by atoms with Gasteiger partial charge in [0.05, 0.1) is 11.6 Å². The first kappa shape index (κ1) is 12.3. The molecule has 0 heterocycles. The Bertz CT molecular complexity index is 185. The Morgan fingerprint density at radius 1 is 1.69 bits per heavy atom. The minimum atomic E-state index is -0.0371. The summed E-state index contributed by atoms with van der Waals surface area (Å²) in [7, 11) is 1.56. The quantitative estimate of drug-likeness (QED) is 0.601. The Balaban J connectivity index is 3.52. The van der Waals surface area contributed by atoms with Gasteiger partial charge in [0.15, 0.2) is 0 Å². The zero-order chi connectivity index (χ0) is 10.3. The average Bonchev–Trinajstić information content (AvgIpc) is 2.10. The molecular formula is C8H16N2O2S. The molecule has 76 valence electrons. The van der Waals surface area contributed by atoms with Gasteiger partial charge in [-0.25, -0.2) is 0 Å². The Kier molecular flexibility index (Phi) is 6.44. The lowest BCUT2D eigenvalue weighted by atomic mass is 10.2. The van der Waals surface area contributed by atoms with Gasteiger partial charge in [-0.1, -0.05) is 19.1 Å². The number of hydrogen-bond acceptors (Lipinski definition) is 3. The molecule has 0 aliphatic heterocycles. The normalized spacial score (nSPS) is 12.2. The van der Waals surface area contributed by atoms with E-state index in [4.69, 9.17) is 22.7 Å². The SMILES string of the molecule is COCCC(=O)NCC(C)C(N)=S. The van der Waals surface area contributed by atoms with Crippen molar-refractivity contribution in [2.75, 3.05) is 20.3 Å². The Morgan fingerprint density at radius 2 is 2.31 bits per heavy atom. The van der Waals surface area contributed by atoms with E-state index in [0.717, 1.165) is 0 Å². The number of rotatable bonds is 6. The van der Waals surface area contributed by atoms with Crippen LogP contribution in [0.4, 0.5) is 0 Å². The molecule has 13 heavy (non-hydrogen) atoms. The lowest BCUT2D eigenvalue weighted by Gasteiger charge is -2.10. The molecule has 3 N–H and O–H groups in total. The van der Waals surface area contributed by atoms with Crippen molar-refractivity contribution >= 4 is 23.1 Å². The highest BCUT2D eigenvalue weighted by atomic mass is 32.1. The number of nitrogens with one attached hydrogen (secondary N) is 1. The van der Waals surface area contributed by atoms with E-state index < -0.39 is 0 Å². The second-order valence-corrected chi connectivity index (χ2v) is 3.32. The van der Waals surface area contributed by atoms with Gasteiger partial charge < -0.3 is 15.8 Å². The zero-order valence-corrected chi connectivity index (χ0v) is 8.82. The molecule has 0 aromatic carbocycles. The van der Waals surface area contributed by atoms with Crippen LogP contribution < -0.4 is 11.1 Å². The van der Waals surface area contributed by atoms with Crippen LogP contribution in [0.5, 0.6) is 0 Å².